The lowest BCUT2D eigenvalue weighted by molar-refractivity contribution is 0.0423. The van der Waals surface area contributed by atoms with Crippen LogP contribution in [0.1, 0.15) is 22.3 Å². The summed E-state index contributed by atoms with van der Waals surface area (Å²) in [5.74, 6) is 0.667. The van der Waals surface area contributed by atoms with Crippen LogP contribution >= 0.6 is 0 Å². The number of ether oxygens (including phenoxy) is 1. The number of pyridine rings is 1. The molecule has 0 aliphatic carbocycles. The minimum Gasteiger partial charge on any atom is -0.497 e. The third-order valence-electron chi connectivity index (χ3n) is 4.71. The van der Waals surface area contributed by atoms with E-state index < -0.39 is 6.10 Å². The zero-order valence-corrected chi connectivity index (χ0v) is 15.4. The second-order valence-electron chi connectivity index (χ2n) is 6.61. The predicted molar refractivity (Wildman–Crippen MR) is 105 cm³/mol. The molecular weight excluding hydrogens is 342 g/mol. The van der Waals surface area contributed by atoms with Crippen LogP contribution in [0.25, 0.3) is 6.08 Å². The lowest BCUT2D eigenvalue weighted by Gasteiger charge is -2.35. The number of benzene rings is 1. The fraction of sp³-hybridized carbons (Fsp3) is 0.333. The van der Waals surface area contributed by atoms with Crippen LogP contribution in [0.15, 0.2) is 54.9 Å². The number of hydrogen-bond acceptors (Lipinski definition) is 5. The molecule has 6 heteroatoms. The number of methoxy groups -OCH3 is 1. The number of β-amino-alcohol motifs (C(OH)–C–C–N with tert-alkyl or cyclic N) is 1. The zero-order valence-electron chi connectivity index (χ0n) is 15.4. The number of amides is 1. The van der Waals surface area contributed by atoms with Crippen LogP contribution < -0.4 is 10.1 Å². The number of nitrogens with one attached hydrogen (secondary N) is 1. The lowest BCUT2D eigenvalue weighted by Crippen LogP contribution is -2.54. The maximum Gasteiger partial charge on any atom is 0.251 e. The fourth-order valence-corrected chi connectivity index (χ4v) is 3.14. The average Bonchev–Trinajstić information content (AvgIpc) is 2.71. The molecule has 0 unspecified atom stereocenters. The first-order valence-corrected chi connectivity index (χ1v) is 9.07. The van der Waals surface area contributed by atoms with E-state index in [2.05, 4.69) is 27.4 Å². The molecular formula is C21H25N3O3. The van der Waals surface area contributed by atoms with E-state index in [4.69, 9.17) is 4.74 Å². The molecule has 1 aliphatic heterocycles. The Morgan fingerprint density at radius 1 is 1.30 bits per heavy atom. The number of rotatable bonds is 6. The summed E-state index contributed by atoms with van der Waals surface area (Å²) in [6.07, 6.45) is 7.45. The van der Waals surface area contributed by atoms with Gasteiger partial charge in [-0.25, -0.2) is 0 Å². The molecule has 6 nitrogen and oxygen atoms in total. The largest absolute Gasteiger partial charge is 0.497 e. The van der Waals surface area contributed by atoms with Gasteiger partial charge in [0.05, 0.1) is 19.3 Å². The van der Waals surface area contributed by atoms with Crippen molar-refractivity contribution >= 4 is 12.0 Å². The molecule has 2 atom stereocenters. The Morgan fingerprint density at radius 3 is 2.70 bits per heavy atom. The molecule has 142 valence electrons. The molecule has 2 heterocycles. The number of carbonyl (C=O) groups is 1. The van der Waals surface area contributed by atoms with Gasteiger partial charge in [0, 0.05) is 37.6 Å². The van der Waals surface area contributed by atoms with Gasteiger partial charge in [-0.1, -0.05) is 24.3 Å². The van der Waals surface area contributed by atoms with Crippen LogP contribution in [0, 0.1) is 0 Å². The summed E-state index contributed by atoms with van der Waals surface area (Å²) < 4.78 is 5.15. The number of hydrogen-bond donors (Lipinski definition) is 2. The minimum atomic E-state index is -0.584. The summed E-state index contributed by atoms with van der Waals surface area (Å²) in [5, 5.41) is 13.3. The first-order chi connectivity index (χ1) is 13.2. The van der Waals surface area contributed by atoms with Gasteiger partial charge in [0.2, 0.25) is 0 Å². The Kier molecular flexibility index (Phi) is 6.57. The Labute approximate surface area is 159 Å². The van der Waals surface area contributed by atoms with Gasteiger partial charge in [0.25, 0.3) is 5.91 Å². The highest BCUT2D eigenvalue weighted by Gasteiger charge is 2.28. The molecule has 1 saturated heterocycles. The molecule has 2 N–H and O–H groups in total. The quantitative estimate of drug-likeness (QED) is 0.817. The summed E-state index contributed by atoms with van der Waals surface area (Å²) >= 11 is 0. The number of aliphatic hydroxyl groups is 1. The minimum absolute atomic E-state index is 0.172. The smallest absolute Gasteiger partial charge is 0.251 e. The van der Waals surface area contributed by atoms with Gasteiger partial charge in [-0.05, 0) is 36.2 Å². The average molecular weight is 367 g/mol. The van der Waals surface area contributed by atoms with Gasteiger partial charge in [0.15, 0.2) is 0 Å². The molecule has 1 aromatic carbocycles. The van der Waals surface area contributed by atoms with Gasteiger partial charge >= 0.3 is 0 Å². The summed E-state index contributed by atoms with van der Waals surface area (Å²) in [6, 6.07) is 11.0. The van der Waals surface area contributed by atoms with E-state index in [1.807, 2.05) is 24.3 Å². The summed E-state index contributed by atoms with van der Waals surface area (Å²) in [6.45, 7) is 2.12. The van der Waals surface area contributed by atoms with Crippen molar-refractivity contribution in [2.75, 3.05) is 26.7 Å². The van der Waals surface area contributed by atoms with Crippen LogP contribution in [0.4, 0.5) is 0 Å². The van der Waals surface area contributed by atoms with Crippen LogP contribution in [-0.2, 0) is 0 Å². The first kappa shape index (κ1) is 19.1. The Bertz CT molecular complexity index is 762. The predicted octanol–water partition coefficient (Wildman–Crippen LogP) is 1.97. The topological polar surface area (TPSA) is 74.7 Å². The second kappa shape index (κ2) is 9.30. The molecule has 0 saturated carbocycles. The number of likely N-dealkylation sites (tertiary alicyclic amines) is 1. The van der Waals surface area contributed by atoms with Crippen molar-refractivity contribution in [3.05, 3.63) is 66.0 Å². The maximum atomic E-state index is 12.2. The lowest BCUT2D eigenvalue weighted by atomic mass is 10.0. The van der Waals surface area contributed by atoms with Gasteiger partial charge in [-0.15, -0.1) is 0 Å². The molecule has 1 aromatic heterocycles. The third kappa shape index (κ3) is 5.39. The van der Waals surface area contributed by atoms with Crippen LogP contribution in [0.3, 0.4) is 0 Å². The van der Waals surface area contributed by atoms with Crippen molar-refractivity contribution in [2.24, 2.45) is 0 Å². The summed E-state index contributed by atoms with van der Waals surface area (Å²) in [4.78, 5) is 18.3. The Hall–Kier alpha value is -2.70. The number of piperidine rings is 1. The van der Waals surface area contributed by atoms with E-state index in [9.17, 15) is 9.90 Å². The molecule has 27 heavy (non-hydrogen) atoms. The van der Waals surface area contributed by atoms with E-state index in [0.717, 1.165) is 24.4 Å². The molecule has 0 radical (unpaired) electrons. The summed E-state index contributed by atoms with van der Waals surface area (Å²) in [5.41, 5.74) is 1.66. The fourth-order valence-electron chi connectivity index (χ4n) is 3.14. The van der Waals surface area contributed by atoms with E-state index >= 15 is 0 Å². The molecule has 1 amide bonds. The van der Waals surface area contributed by atoms with Crippen molar-refractivity contribution in [3.8, 4) is 5.75 Å². The van der Waals surface area contributed by atoms with Gasteiger partial charge in [0.1, 0.15) is 5.75 Å². The monoisotopic (exact) mass is 367 g/mol. The standard InChI is InChI=1S/C21H25N3O3/c1-27-18-6-4-16(5-7-18)3-2-13-24-14-10-19(20(25)15-24)23-21(26)17-8-11-22-12-9-17/h2-9,11-12,19-20,25H,10,13-15H2,1H3,(H,23,26)/b3-2+/t19-,20-/m1/s1. The molecule has 2 aromatic rings. The van der Waals surface area contributed by atoms with E-state index in [1.165, 1.54) is 0 Å². The normalized spacial score (nSPS) is 20.5. The van der Waals surface area contributed by atoms with Crippen molar-refractivity contribution in [1.29, 1.82) is 0 Å². The van der Waals surface area contributed by atoms with E-state index in [0.29, 0.717) is 18.5 Å². The zero-order chi connectivity index (χ0) is 19.1. The summed E-state index contributed by atoms with van der Waals surface area (Å²) in [7, 11) is 1.65. The van der Waals surface area contributed by atoms with Crippen molar-refractivity contribution in [2.45, 2.75) is 18.6 Å². The highest BCUT2D eigenvalue weighted by Crippen LogP contribution is 2.14. The number of carbonyl (C=O) groups excluding carboxylic acids is 1. The Morgan fingerprint density at radius 2 is 2.04 bits per heavy atom. The van der Waals surface area contributed by atoms with Crippen molar-refractivity contribution < 1.29 is 14.6 Å². The maximum absolute atomic E-state index is 12.2. The van der Waals surface area contributed by atoms with E-state index in [1.54, 1.807) is 31.6 Å². The highest BCUT2D eigenvalue weighted by atomic mass is 16.5. The third-order valence-corrected chi connectivity index (χ3v) is 4.71. The van der Waals surface area contributed by atoms with Crippen molar-refractivity contribution in [3.63, 3.8) is 0 Å². The first-order valence-electron chi connectivity index (χ1n) is 9.07. The molecule has 3 rings (SSSR count). The van der Waals surface area contributed by atoms with E-state index in [-0.39, 0.29) is 11.9 Å². The van der Waals surface area contributed by atoms with Gasteiger partial charge < -0.3 is 15.2 Å². The van der Waals surface area contributed by atoms with Crippen LogP contribution in [-0.4, -0.2) is 59.8 Å². The molecule has 0 spiro atoms. The van der Waals surface area contributed by atoms with Crippen molar-refractivity contribution in [1.82, 2.24) is 15.2 Å². The molecule has 1 fully saturated rings. The number of aliphatic hydroxyl groups excluding tert-OH is 1. The molecule has 0 bridgehead atoms. The Balaban J connectivity index is 1.46. The van der Waals surface area contributed by atoms with Crippen LogP contribution in [0.5, 0.6) is 5.75 Å². The van der Waals surface area contributed by atoms with Crippen LogP contribution in [0.2, 0.25) is 0 Å². The van der Waals surface area contributed by atoms with Gasteiger partial charge in [-0.3, -0.25) is 14.7 Å². The molecule has 1 aliphatic rings. The second-order valence-corrected chi connectivity index (χ2v) is 6.61. The highest BCUT2D eigenvalue weighted by molar-refractivity contribution is 5.94. The SMILES string of the molecule is COc1ccc(/C=C/CN2CC[C@@H](NC(=O)c3ccncc3)[C@H](O)C2)cc1. The van der Waals surface area contributed by atoms with Gasteiger partial charge in [-0.2, -0.15) is 0 Å². The number of aromatic nitrogens is 1. The number of nitrogens with zero attached hydrogens (tertiary/aromatic N) is 2.